The number of rotatable bonds is 2. The molecular formula is C11H12BrNO3. The molecule has 0 bridgehead atoms. The largest absolute Gasteiger partial charge is 0.459 e. The van der Waals surface area contributed by atoms with Crippen LogP contribution in [0.4, 0.5) is 5.69 Å². The van der Waals surface area contributed by atoms with E-state index in [4.69, 9.17) is 0 Å². The number of hydrogen-bond donors (Lipinski definition) is 1. The van der Waals surface area contributed by atoms with Crippen molar-refractivity contribution < 1.29 is 14.3 Å². The van der Waals surface area contributed by atoms with E-state index in [0.717, 1.165) is 10.0 Å². The maximum atomic E-state index is 11.4. The second-order valence-corrected chi connectivity index (χ2v) is 4.05. The molecule has 5 heteroatoms. The Bertz CT molecular complexity index is 418. The Morgan fingerprint density at radius 1 is 1.44 bits per heavy atom. The van der Waals surface area contributed by atoms with Gasteiger partial charge in [-0.3, -0.25) is 4.79 Å². The average Bonchev–Trinajstić information content (AvgIpc) is 2.23. The van der Waals surface area contributed by atoms with Crippen molar-refractivity contribution >= 4 is 33.5 Å². The van der Waals surface area contributed by atoms with Gasteiger partial charge in [-0.1, -0.05) is 22.0 Å². The summed E-state index contributed by atoms with van der Waals surface area (Å²) < 4.78 is 5.41. The van der Waals surface area contributed by atoms with Crippen LogP contribution in [0.5, 0.6) is 0 Å². The average molecular weight is 286 g/mol. The number of amides is 1. The molecule has 0 saturated carbocycles. The zero-order valence-electron chi connectivity index (χ0n) is 9.04. The fourth-order valence-electron chi connectivity index (χ4n) is 1.10. The van der Waals surface area contributed by atoms with E-state index in [-0.39, 0.29) is 6.61 Å². The molecule has 0 aliphatic rings. The van der Waals surface area contributed by atoms with Crippen molar-refractivity contribution in [2.24, 2.45) is 0 Å². The fourth-order valence-corrected chi connectivity index (χ4v) is 1.46. The number of halogens is 1. The lowest BCUT2D eigenvalue weighted by Crippen LogP contribution is -2.25. The van der Waals surface area contributed by atoms with Crippen LogP contribution in [-0.2, 0) is 14.3 Å². The van der Waals surface area contributed by atoms with Gasteiger partial charge in [-0.2, -0.15) is 0 Å². The Kier molecular flexibility index (Phi) is 4.49. The zero-order valence-corrected chi connectivity index (χ0v) is 10.6. The van der Waals surface area contributed by atoms with E-state index in [0.29, 0.717) is 5.69 Å². The molecule has 0 atom stereocenters. The Morgan fingerprint density at radius 2 is 2.12 bits per heavy atom. The van der Waals surface area contributed by atoms with Gasteiger partial charge in [0.1, 0.15) is 0 Å². The maximum Gasteiger partial charge on any atom is 0.397 e. The molecule has 0 aliphatic carbocycles. The van der Waals surface area contributed by atoms with Crippen LogP contribution in [0.2, 0.25) is 0 Å². The standard InChI is InChI=1S/C11H12BrNO3/c1-3-16-11(15)10(14)13-9-6-8(12)5-4-7(9)2/h4-6H,3H2,1-2H3,(H,13,14). The highest BCUT2D eigenvalue weighted by Crippen LogP contribution is 2.20. The number of nitrogens with one attached hydrogen (secondary N) is 1. The minimum absolute atomic E-state index is 0.184. The van der Waals surface area contributed by atoms with Crippen LogP contribution >= 0.6 is 15.9 Å². The summed E-state index contributed by atoms with van der Waals surface area (Å²) in [5.74, 6) is -1.63. The number of hydrogen-bond acceptors (Lipinski definition) is 3. The van der Waals surface area contributed by atoms with Crippen LogP contribution in [0, 0.1) is 6.92 Å². The second kappa shape index (κ2) is 5.65. The van der Waals surface area contributed by atoms with Crippen molar-refractivity contribution in [3.63, 3.8) is 0 Å². The van der Waals surface area contributed by atoms with Crippen molar-refractivity contribution in [2.75, 3.05) is 11.9 Å². The van der Waals surface area contributed by atoms with Gasteiger partial charge in [-0.25, -0.2) is 4.79 Å². The van der Waals surface area contributed by atoms with Crippen molar-refractivity contribution in [3.8, 4) is 0 Å². The van der Waals surface area contributed by atoms with Gasteiger partial charge in [0, 0.05) is 10.2 Å². The van der Waals surface area contributed by atoms with Gasteiger partial charge in [0.25, 0.3) is 0 Å². The van der Waals surface area contributed by atoms with Crippen LogP contribution < -0.4 is 5.32 Å². The molecule has 1 aromatic carbocycles. The Balaban J connectivity index is 2.76. The molecule has 0 heterocycles. The third-order valence-electron chi connectivity index (χ3n) is 1.91. The molecule has 16 heavy (non-hydrogen) atoms. The highest BCUT2D eigenvalue weighted by molar-refractivity contribution is 9.10. The summed E-state index contributed by atoms with van der Waals surface area (Å²) >= 11 is 3.29. The van der Waals surface area contributed by atoms with Crippen LogP contribution in [0.3, 0.4) is 0 Å². The first kappa shape index (κ1) is 12.7. The first-order chi connectivity index (χ1) is 7.54. The van der Waals surface area contributed by atoms with Crippen LogP contribution in [0.15, 0.2) is 22.7 Å². The molecule has 1 aromatic rings. The molecule has 1 N–H and O–H groups in total. The maximum absolute atomic E-state index is 11.4. The smallest absolute Gasteiger partial charge is 0.397 e. The van der Waals surface area contributed by atoms with E-state index in [1.807, 2.05) is 19.1 Å². The minimum Gasteiger partial charge on any atom is -0.459 e. The van der Waals surface area contributed by atoms with E-state index in [1.165, 1.54) is 0 Å². The van der Waals surface area contributed by atoms with Crippen LogP contribution in [0.1, 0.15) is 12.5 Å². The predicted octanol–water partition coefficient (Wildman–Crippen LogP) is 2.26. The van der Waals surface area contributed by atoms with Crippen LogP contribution in [0.25, 0.3) is 0 Å². The van der Waals surface area contributed by atoms with Gasteiger partial charge in [0.2, 0.25) is 0 Å². The summed E-state index contributed by atoms with van der Waals surface area (Å²) in [7, 11) is 0. The zero-order chi connectivity index (χ0) is 12.1. The van der Waals surface area contributed by atoms with Crippen molar-refractivity contribution in [1.82, 2.24) is 0 Å². The summed E-state index contributed by atoms with van der Waals surface area (Å²) in [6, 6.07) is 5.42. The lowest BCUT2D eigenvalue weighted by atomic mass is 10.2. The Morgan fingerprint density at radius 3 is 2.75 bits per heavy atom. The molecule has 0 aliphatic heterocycles. The number of carbonyl (C=O) groups excluding carboxylic acids is 2. The summed E-state index contributed by atoms with van der Waals surface area (Å²) in [6.45, 7) is 3.67. The molecule has 0 fully saturated rings. The monoisotopic (exact) mass is 285 g/mol. The molecular weight excluding hydrogens is 274 g/mol. The predicted molar refractivity (Wildman–Crippen MR) is 64.1 cm³/mol. The third kappa shape index (κ3) is 3.34. The SMILES string of the molecule is CCOC(=O)C(=O)Nc1cc(Br)ccc1C. The molecule has 0 radical (unpaired) electrons. The third-order valence-corrected chi connectivity index (χ3v) is 2.40. The summed E-state index contributed by atoms with van der Waals surface area (Å²) in [5, 5.41) is 2.49. The molecule has 86 valence electrons. The summed E-state index contributed by atoms with van der Waals surface area (Å²) in [5.41, 5.74) is 1.47. The second-order valence-electron chi connectivity index (χ2n) is 3.13. The highest BCUT2D eigenvalue weighted by Gasteiger charge is 2.15. The van der Waals surface area contributed by atoms with Crippen molar-refractivity contribution in [2.45, 2.75) is 13.8 Å². The first-order valence-electron chi connectivity index (χ1n) is 4.79. The molecule has 4 nitrogen and oxygen atoms in total. The number of esters is 1. The van der Waals surface area contributed by atoms with Crippen molar-refractivity contribution in [1.29, 1.82) is 0 Å². The lowest BCUT2D eigenvalue weighted by Gasteiger charge is -2.07. The van der Waals surface area contributed by atoms with Gasteiger partial charge in [-0.15, -0.1) is 0 Å². The molecule has 0 saturated heterocycles. The molecule has 0 unspecified atom stereocenters. The Labute approximate surface area is 102 Å². The van der Waals surface area contributed by atoms with Crippen molar-refractivity contribution in [3.05, 3.63) is 28.2 Å². The van der Waals surface area contributed by atoms with Crippen LogP contribution in [-0.4, -0.2) is 18.5 Å². The number of ether oxygens (including phenoxy) is 1. The fraction of sp³-hybridized carbons (Fsp3) is 0.273. The van der Waals surface area contributed by atoms with E-state index >= 15 is 0 Å². The lowest BCUT2D eigenvalue weighted by molar-refractivity contribution is -0.152. The summed E-state index contributed by atoms with van der Waals surface area (Å²) in [4.78, 5) is 22.5. The quantitative estimate of drug-likeness (QED) is 0.670. The van der Waals surface area contributed by atoms with Gasteiger partial charge in [0.05, 0.1) is 6.61 Å². The molecule has 0 aromatic heterocycles. The normalized spacial score (nSPS) is 9.69. The molecule has 1 amide bonds. The number of carbonyl (C=O) groups is 2. The van der Waals surface area contributed by atoms with E-state index < -0.39 is 11.9 Å². The topological polar surface area (TPSA) is 55.4 Å². The number of anilines is 1. The number of aryl methyl sites for hydroxylation is 1. The van der Waals surface area contributed by atoms with Gasteiger partial charge in [-0.05, 0) is 31.5 Å². The van der Waals surface area contributed by atoms with Gasteiger partial charge in [0.15, 0.2) is 0 Å². The van der Waals surface area contributed by atoms with Gasteiger partial charge < -0.3 is 10.1 Å². The summed E-state index contributed by atoms with van der Waals surface area (Å²) in [6.07, 6.45) is 0. The molecule has 1 rings (SSSR count). The van der Waals surface area contributed by atoms with E-state index in [1.54, 1.807) is 13.0 Å². The van der Waals surface area contributed by atoms with E-state index in [2.05, 4.69) is 26.0 Å². The Hall–Kier alpha value is -1.36. The molecule has 0 spiro atoms. The van der Waals surface area contributed by atoms with Gasteiger partial charge >= 0.3 is 11.9 Å². The number of benzene rings is 1. The first-order valence-corrected chi connectivity index (χ1v) is 5.58. The van der Waals surface area contributed by atoms with E-state index in [9.17, 15) is 9.59 Å². The minimum atomic E-state index is -0.873. The highest BCUT2D eigenvalue weighted by atomic mass is 79.9.